The first-order valence-electron chi connectivity index (χ1n) is 4.50. The summed E-state index contributed by atoms with van der Waals surface area (Å²) in [5, 5.41) is 0. The highest BCUT2D eigenvalue weighted by atomic mass is 35.5. The van der Waals surface area contributed by atoms with Gasteiger partial charge in [0.15, 0.2) is 0 Å². The molecule has 1 fully saturated rings. The smallest absolute Gasteiger partial charge is 0.238 e. The minimum Gasteiger partial charge on any atom is -0.340 e. The third kappa shape index (κ3) is 2.11. The van der Waals surface area contributed by atoms with Crippen LogP contribution in [0.2, 0.25) is 4.47 Å². The van der Waals surface area contributed by atoms with Crippen LogP contribution < -0.4 is 4.90 Å². The maximum absolute atomic E-state index is 5.73. The Morgan fingerprint density at radius 2 is 2.46 bits per heavy atom. The van der Waals surface area contributed by atoms with E-state index in [0.717, 1.165) is 25.0 Å². The Balaban J connectivity index is 2.08. The van der Waals surface area contributed by atoms with Crippen molar-refractivity contribution in [3.05, 3.63) is 4.47 Å². The average Bonchev–Trinajstić information content (AvgIpc) is 2.52. The fourth-order valence-electron chi connectivity index (χ4n) is 1.70. The summed E-state index contributed by atoms with van der Waals surface area (Å²) in [5.74, 6) is 1.55. The molecule has 1 aliphatic heterocycles. The quantitative estimate of drug-likeness (QED) is 0.724. The van der Waals surface area contributed by atoms with Crippen LogP contribution in [0.1, 0.15) is 19.8 Å². The van der Waals surface area contributed by atoms with Crippen molar-refractivity contribution in [1.29, 1.82) is 0 Å². The van der Waals surface area contributed by atoms with Gasteiger partial charge in [0.25, 0.3) is 0 Å². The van der Waals surface area contributed by atoms with Gasteiger partial charge in [0.05, 0.1) is 0 Å². The molecular weight excluding hydrogens is 206 g/mol. The summed E-state index contributed by atoms with van der Waals surface area (Å²) in [4.78, 5) is 6.39. The fourth-order valence-corrected chi connectivity index (χ4v) is 2.31. The molecule has 0 amide bonds. The van der Waals surface area contributed by atoms with E-state index in [0.29, 0.717) is 4.47 Å². The molecule has 1 saturated heterocycles. The molecule has 13 heavy (non-hydrogen) atoms. The van der Waals surface area contributed by atoms with Gasteiger partial charge in [-0.25, -0.2) is 0 Å². The molecule has 0 aliphatic carbocycles. The molecule has 2 heterocycles. The minimum atomic E-state index is 0.535. The average molecular weight is 218 g/mol. The number of nitrogens with zero attached hydrogens (tertiary/aromatic N) is 3. The summed E-state index contributed by atoms with van der Waals surface area (Å²) in [6.07, 6.45) is 2.55. The molecule has 1 aromatic rings. The van der Waals surface area contributed by atoms with Gasteiger partial charge in [0, 0.05) is 24.6 Å². The van der Waals surface area contributed by atoms with E-state index in [-0.39, 0.29) is 0 Å². The number of anilines is 1. The summed E-state index contributed by atoms with van der Waals surface area (Å²) >= 11 is 7.00. The van der Waals surface area contributed by atoms with E-state index in [1.54, 1.807) is 0 Å². The van der Waals surface area contributed by atoms with E-state index in [2.05, 4.69) is 21.2 Å². The van der Waals surface area contributed by atoms with Crippen LogP contribution >= 0.6 is 23.1 Å². The second-order valence-electron chi connectivity index (χ2n) is 3.54. The van der Waals surface area contributed by atoms with Crippen LogP contribution in [0.5, 0.6) is 0 Å². The molecular formula is C8H12ClN3S. The Bertz CT molecular complexity index is 289. The van der Waals surface area contributed by atoms with Gasteiger partial charge in [0.2, 0.25) is 10.4 Å². The maximum atomic E-state index is 5.73. The van der Waals surface area contributed by atoms with Gasteiger partial charge in [-0.1, -0.05) is 6.92 Å². The summed E-state index contributed by atoms with van der Waals surface area (Å²) in [5.41, 5.74) is 0. The van der Waals surface area contributed by atoms with Crippen molar-refractivity contribution in [2.45, 2.75) is 19.8 Å². The number of hydrogen-bond donors (Lipinski definition) is 0. The first-order chi connectivity index (χ1) is 6.25. The predicted octanol–water partition coefficient (Wildman–Crippen LogP) is 2.43. The number of halogens is 1. The van der Waals surface area contributed by atoms with Gasteiger partial charge in [-0.3, -0.25) is 0 Å². The van der Waals surface area contributed by atoms with Crippen LogP contribution in [0.15, 0.2) is 0 Å². The van der Waals surface area contributed by atoms with Crippen LogP contribution in [0.25, 0.3) is 0 Å². The highest BCUT2D eigenvalue weighted by Gasteiger charge is 2.19. The summed E-state index contributed by atoms with van der Waals surface area (Å²) in [6.45, 7) is 4.39. The number of piperidine rings is 1. The van der Waals surface area contributed by atoms with Crippen LogP contribution in [0, 0.1) is 5.92 Å². The van der Waals surface area contributed by atoms with Crippen molar-refractivity contribution in [2.24, 2.45) is 5.92 Å². The van der Waals surface area contributed by atoms with Crippen molar-refractivity contribution in [1.82, 2.24) is 9.36 Å². The van der Waals surface area contributed by atoms with Gasteiger partial charge in [-0.05, 0) is 30.4 Å². The van der Waals surface area contributed by atoms with E-state index in [9.17, 15) is 0 Å². The van der Waals surface area contributed by atoms with Crippen LogP contribution in [-0.2, 0) is 0 Å². The van der Waals surface area contributed by atoms with Crippen LogP contribution in [0.4, 0.5) is 5.95 Å². The molecule has 72 valence electrons. The monoisotopic (exact) mass is 217 g/mol. The number of hydrogen-bond acceptors (Lipinski definition) is 4. The molecule has 1 atom stereocenters. The van der Waals surface area contributed by atoms with Crippen molar-refractivity contribution in [2.75, 3.05) is 18.0 Å². The molecule has 0 radical (unpaired) electrons. The lowest BCUT2D eigenvalue weighted by Gasteiger charge is -2.29. The lowest BCUT2D eigenvalue weighted by atomic mass is 10.0. The molecule has 1 aromatic heterocycles. The van der Waals surface area contributed by atoms with Gasteiger partial charge in [-0.15, -0.1) is 0 Å². The molecule has 0 bridgehead atoms. The van der Waals surface area contributed by atoms with E-state index in [1.165, 1.54) is 24.4 Å². The van der Waals surface area contributed by atoms with E-state index in [1.807, 2.05) is 0 Å². The Kier molecular flexibility index (Phi) is 2.69. The van der Waals surface area contributed by atoms with E-state index in [4.69, 9.17) is 11.6 Å². The van der Waals surface area contributed by atoms with Gasteiger partial charge >= 0.3 is 0 Å². The minimum absolute atomic E-state index is 0.535. The molecule has 0 spiro atoms. The molecule has 5 heteroatoms. The standard InChI is InChI=1S/C8H12ClN3S/c1-6-3-2-4-12(5-6)8-10-7(9)13-11-8/h6H,2-5H2,1H3/t6-/m0/s1. The second-order valence-corrected chi connectivity index (χ2v) is 4.87. The van der Waals surface area contributed by atoms with Crippen LogP contribution in [0.3, 0.4) is 0 Å². The Morgan fingerprint density at radius 3 is 3.08 bits per heavy atom. The topological polar surface area (TPSA) is 29.0 Å². The molecule has 0 saturated carbocycles. The van der Waals surface area contributed by atoms with Crippen molar-refractivity contribution >= 4 is 29.1 Å². The van der Waals surface area contributed by atoms with Crippen molar-refractivity contribution < 1.29 is 0 Å². The molecule has 0 unspecified atom stereocenters. The summed E-state index contributed by atoms with van der Waals surface area (Å²) in [7, 11) is 0. The molecule has 2 rings (SSSR count). The Hall–Kier alpha value is -0.350. The van der Waals surface area contributed by atoms with Crippen molar-refractivity contribution in [3.8, 4) is 0 Å². The molecule has 3 nitrogen and oxygen atoms in total. The Labute approximate surface area is 86.9 Å². The zero-order chi connectivity index (χ0) is 9.26. The van der Waals surface area contributed by atoms with Crippen LogP contribution in [-0.4, -0.2) is 22.4 Å². The first-order valence-corrected chi connectivity index (χ1v) is 5.65. The van der Waals surface area contributed by atoms with Crippen molar-refractivity contribution in [3.63, 3.8) is 0 Å². The highest BCUT2D eigenvalue weighted by molar-refractivity contribution is 7.10. The van der Waals surface area contributed by atoms with Gasteiger partial charge in [-0.2, -0.15) is 9.36 Å². The van der Waals surface area contributed by atoms with Gasteiger partial charge < -0.3 is 4.90 Å². The molecule has 0 N–H and O–H groups in total. The van der Waals surface area contributed by atoms with E-state index < -0.39 is 0 Å². The number of rotatable bonds is 1. The third-order valence-electron chi connectivity index (χ3n) is 2.33. The first kappa shape index (κ1) is 9.21. The lowest BCUT2D eigenvalue weighted by Crippen LogP contribution is -2.34. The molecule has 1 aliphatic rings. The summed E-state index contributed by atoms with van der Waals surface area (Å²) < 4.78 is 4.73. The predicted molar refractivity (Wildman–Crippen MR) is 55.5 cm³/mol. The highest BCUT2D eigenvalue weighted by Crippen LogP contribution is 2.23. The van der Waals surface area contributed by atoms with E-state index >= 15 is 0 Å². The Morgan fingerprint density at radius 1 is 1.62 bits per heavy atom. The normalized spacial score (nSPS) is 23.5. The lowest BCUT2D eigenvalue weighted by molar-refractivity contribution is 0.443. The van der Waals surface area contributed by atoms with Gasteiger partial charge in [0.1, 0.15) is 0 Å². The second kappa shape index (κ2) is 3.80. The maximum Gasteiger partial charge on any atom is 0.238 e. The fraction of sp³-hybridized carbons (Fsp3) is 0.750. The largest absolute Gasteiger partial charge is 0.340 e. The summed E-state index contributed by atoms with van der Waals surface area (Å²) in [6, 6.07) is 0. The zero-order valence-corrected chi connectivity index (χ0v) is 9.11. The third-order valence-corrected chi connectivity index (χ3v) is 3.12. The zero-order valence-electron chi connectivity index (χ0n) is 7.53. The number of aromatic nitrogens is 2. The SMILES string of the molecule is C[C@H]1CCCN(c2nsc(Cl)n2)C1. The molecule has 0 aromatic carbocycles.